The molecule has 1 aromatic rings. The number of hydrogen-bond donors (Lipinski definition) is 0. The Kier molecular flexibility index (Phi) is 4.71. The second-order valence-electron chi connectivity index (χ2n) is 3.03. The van der Waals surface area contributed by atoms with Crippen LogP contribution in [0.15, 0.2) is 17.3 Å². The van der Waals surface area contributed by atoms with E-state index in [2.05, 4.69) is 9.99 Å². The van der Waals surface area contributed by atoms with Gasteiger partial charge < -0.3 is 4.84 Å². The molecule has 0 aromatic heterocycles. The molecule has 0 radical (unpaired) electrons. The van der Waals surface area contributed by atoms with E-state index >= 15 is 0 Å². The summed E-state index contributed by atoms with van der Waals surface area (Å²) in [6.45, 7) is 1.84. The Morgan fingerprint density at radius 3 is 2.27 bits per heavy atom. The van der Waals surface area contributed by atoms with Crippen molar-refractivity contribution in [2.75, 3.05) is 7.11 Å². The molecule has 0 bridgehead atoms. The third-order valence-corrected chi connectivity index (χ3v) is 2.68. The van der Waals surface area contributed by atoms with Crippen molar-refractivity contribution >= 4 is 40.5 Å². The minimum absolute atomic E-state index is 0.523. The fraction of sp³-hybridized carbons (Fsp3) is 0.300. The maximum Gasteiger partial charge on any atom is 0.106 e. The molecule has 82 valence electrons. The van der Waals surface area contributed by atoms with E-state index in [-0.39, 0.29) is 0 Å². The lowest BCUT2D eigenvalue weighted by Crippen LogP contribution is -2.00. The van der Waals surface area contributed by atoms with E-state index in [1.165, 1.54) is 7.11 Å². The average Bonchev–Trinajstić information content (AvgIpc) is 2.11. The molecular formula is C10H10Cl3NO. The summed E-state index contributed by atoms with van der Waals surface area (Å²) in [5, 5.41) is 5.39. The molecule has 0 spiro atoms. The highest BCUT2D eigenvalue weighted by atomic mass is 35.5. The van der Waals surface area contributed by atoms with Crippen LogP contribution in [0.25, 0.3) is 0 Å². The lowest BCUT2D eigenvalue weighted by Gasteiger charge is -2.06. The van der Waals surface area contributed by atoms with Crippen molar-refractivity contribution in [2.24, 2.45) is 5.16 Å². The van der Waals surface area contributed by atoms with Gasteiger partial charge in [0.25, 0.3) is 0 Å². The van der Waals surface area contributed by atoms with Gasteiger partial charge in [-0.05, 0) is 24.6 Å². The fourth-order valence-corrected chi connectivity index (χ4v) is 2.14. The number of benzene rings is 1. The Morgan fingerprint density at radius 1 is 1.27 bits per heavy atom. The number of hydrogen-bond acceptors (Lipinski definition) is 2. The van der Waals surface area contributed by atoms with Gasteiger partial charge in [0.2, 0.25) is 0 Å². The standard InChI is InChI=1S/C10H10Cl3NO/c1-6(14-15-2)3-8-9(12)4-7(11)5-10(8)13/h4-5H,3H2,1-2H3/b14-6+. The van der Waals surface area contributed by atoms with Crippen LogP contribution in [0.4, 0.5) is 0 Å². The van der Waals surface area contributed by atoms with Crippen LogP contribution in [0.5, 0.6) is 0 Å². The van der Waals surface area contributed by atoms with Gasteiger partial charge in [0.15, 0.2) is 0 Å². The fourth-order valence-electron chi connectivity index (χ4n) is 1.18. The van der Waals surface area contributed by atoms with Crippen LogP contribution in [0.3, 0.4) is 0 Å². The Hall–Kier alpha value is -0.440. The first-order chi connectivity index (χ1) is 7.04. The van der Waals surface area contributed by atoms with Crippen LogP contribution in [0.1, 0.15) is 12.5 Å². The second-order valence-corrected chi connectivity index (χ2v) is 4.28. The Balaban J connectivity index is 3.00. The molecule has 0 aliphatic heterocycles. The van der Waals surface area contributed by atoms with Crippen LogP contribution >= 0.6 is 34.8 Å². The normalized spacial score (nSPS) is 11.7. The molecular weight excluding hydrogens is 256 g/mol. The molecule has 0 heterocycles. The highest BCUT2D eigenvalue weighted by Gasteiger charge is 2.09. The summed E-state index contributed by atoms with van der Waals surface area (Å²) in [7, 11) is 1.49. The summed E-state index contributed by atoms with van der Waals surface area (Å²) in [6.07, 6.45) is 0.544. The summed E-state index contributed by atoms with van der Waals surface area (Å²) in [5.41, 5.74) is 1.60. The molecule has 0 amide bonds. The van der Waals surface area contributed by atoms with Gasteiger partial charge in [-0.3, -0.25) is 0 Å². The Morgan fingerprint density at radius 2 is 1.80 bits per heavy atom. The number of nitrogens with zero attached hydrogens (tertiary/aromatic N) is 1. The molecule has 0 atom stereocenters. The minimum atomic E-state index is 0.523. The van der Waals surface area contributed by atoms with E-state index in [0.717, 1.165) is 11.3 Å². The summed E-state index contributed by atoms with van der Waals surface area (Å²) < 4.78 is 0. The van der Waals surface area contributed by atoms with Gasteiger partial charge in [-0.1, -0.05) is 40.0 Å². The van der Waals surface area contributed by atoms with E-state index in [1.807, 2.05) is 6.92 Å². The van der Waals surface area contributed by atoms with E-state index in [4.69, 9.17) is 34.8 Å². The van der Waals surface area contributed by atoms with Gasteiger partial charge in [0.05, 0.1) is 5.71 Å². The van der Waals surface area contributed by atoms with Gasteiger partial charge in [0, 0.05) is 21.5 Å². The predicted molar refractivity (Wildman–Crippen MR) is 65.3 cm³/mol. The smallest absolute Gasteiger partial charge is 0.106 e. The highest BCUT2D eigenvalue weighted by Crippen LogP contribution is 2.29. The molecule has 0 fully saturated rings. The van der Waals surface area contributed by atoms with Crippen molar-refractivity contribution in [3.8, 4) is 0 Å². The largest absolute Gasteiger partial charge is 0.399 e. The average molecular weight is 267 g/mol. The van der Waals surface area contributed by atoms with Crippen molar-refractivity contribution < 1.29 is 4.84 Å². The van der Waals surface area contributed by atoms with Crippen molar-refractivity contribution in [3.63, 3.8) is 0 Å². The number of halogens is 3. The van der Waals surface area contributed by atoms with Crippen LogP contribution in [-0.2, 0) is 11.3 Å². The van der Waals surface area contributed by atoms with Gasteiger partial charge in [-0.25, -0.2) is 0 Å². The van der Waals surface area contributed by atoms with Crippen molar-refractivity contribution in [1.82, 2.24) is 0 Å². The van der Waals surface area contributed by atoms with Gasteiger partial charge >= 0.3 is 0 Å². The van der Waals surface area contributed by atoms with E-state index in [1.54, 1.807) is 12.1 Å². The minimum Gasteiger partial charge on any atom is -0.399 e. The summed E-state index contributed by atoms with van der Waals surface area (Å²) >= 11 is 17.8. The molecule has 0 saturated carbocycles. The molecule has 2 nitrogen and oxygen atoms in total. The molecule has 0 unspecified atom stereocenters. The summed E-state index contributed by atoms with van der Waals surface area (Å²) in [5.74, 6) is 0. The molecule has 1 rings (SSSR count). The first kappa shape index (κ1) is 12.6. The van der Waals surface area contributed by atoms with Crippen LogP contribution in [-0.4, -0.2) is 12.8 Å². The molecule has 1 aromatic carbocycles. The lowest BCUT2D eigenvalue weighted by molar-refractivity contribution is 0.212. The van der Waals surface area contributed by atoms with Crippen molar-refractivity contribution in [1.29, 1.82) is 0 Å². The quantitative estimate of drug-likeness (QED) is 0.593. The van der Waals surface area contributed by atoms with E-state index in [0.29, 0.717) is 21.5 Å². The summed E-state index contributed by atoms with van der Waals surface area (Å²) in [6, 6.07) is 3.31. The third-order valence-electron chi connectivity index (χ3n) is 1.79. The molecule has 0 N–H and O–H groups in total. The van der Waals surface area contributed by atoms with Crippen LogP contribution < -0.4 is 0 Å². The molecule has 15 heavy (non-hydrogen) atoms. The van der Waals surface area contributed by atoms with Crippen LogP contribution in [0.2, 0.25) is 15.1 Å². The van der Waals surface area contributed by atoms with Crippen molar-refractivity contribution in [2.45, 2.75) is 13.3 Å². The van der Waals surface area contributed by atoms with Crippen LogP contribution in [0, 0.1) is 0 Å². The second kappa shape index (κ2) is 5.59. The molecule has 0 aliphatic carbocycles. The number of oxime groups is 1. The zero-order chi connectivity index (χ0) is 11.4. The zero-order valence-corrected chi connectivity index (χ0v) is 10.6. The van der Waals surface area contributed by atoms with Gasteiger partial charge in [-0.2, -0.15) is 0 Å². The highest BCUT2D eigenvalue weighted by molar-refractivity contribution is 6.39. The predicted octanol–water partition coefficient (Wildman–Crippen LogP) is 4.21. The lowest BCUT2D eigenvalue weighted by atomic mass is 10.1. The topological polar surface area (TPSA) is 21.6 Å². The third kappa shape index (κ3) is 3.56. The molecule has 5 heteroatoms. The van der Waals surface area contributed by atoms with E-state index in [9.17, 15) is 0 Å². The van der Waals surface area contributed by atoms with Crippen molar-refractivity contribution in [3.05, 3.63) is 32.8 Å². The first-order valence-electron chi connectivity index (χ1n) is 4.24. The SMILES string of the molecule is CO/N=C(\C)Cc1c(Cl)cc(Cl)cc1Cl. The maximum absolute atomic E-state index is 6.01. The summed E-state index contributed by atoms with van der Waals surface area (Å²) in [4.78, 5) is 4.66. The molecule has 0 aliphatic rings. The Labute approximate surface area is 104 Å². The maximum atomic E-state index is 6.01. The first-order valence-corrected chi connectivity index (χ1v) is 5.38. The monoisotopic (exact) mass is 265 g/mol. The zero-order valence-electron chi connectivity index (χ0n) is 8.35. The molecule has 0 saturated heterocycles. The van der Waals surface area contributed by atoms with Gasteiger partial charge in [-0.15, -0.1) is 0 Å². The Bertz CT molecular complexity index is 367. The van der Waals surface area contributed by atoms with E-state index < -0.39 is 0 Å². The number of rotatable bonds is 3. The van der Waals surface area contributed by atoms with Gasteiger partial charge in [0.1, 0.15) is 7.11 Å².